The third-order valence-corrected chi connectivity index (χ3v) is 7.34. The van der Waals surface area contributed by atoms with Gasteiger partial charge in [-0.15, -0.1) is 0 Å². The number of carbonyl (C=O) groups is 1. The Bertz CT molecular complexity index is 1220. The van der Waals surface area contributed by atoms with Crippen molar-refractivity contribution in [2.24, 2.45) is 0 Å². The lowest BCUT2D eigenvalue weighted by molar-refractivity contribution is -0.0276. The molecule has 1 amide bonds. The number of rotatable bonds is 4. The van der Waals surface area contributed by atoms with Gasteiger partial charge >= 0.3 is 0 Å². The molecular formula is C27H31F2N3O3. The molecule has 1 aromatic heterocycles. The minimum atomic E-state index is -0.991. The molecule has 2 aliphatic rings. The maximum absolute atomic E-state index is 13.5. The fraction of sp³-hybridized carbons (Fsp3) is 0.444. The molecule has 2 fully saturated rings. The Balaban J connectivity index is 1.26. The standard InChI is InChI=1S/C27H31F2N3O3/c1-30-9-2-10-32(14-13-30)26(33)25-17-20-16-21(4-6-24(20)35-25)27(34)7-11-31(12-8-27)18-19-3-5-22(28)23(29)15-19/h3-6,15-17,34H,2,7-14,18H2,1H3. The summed E-state index contributed by atoms with van der Waals surface area (Å²) in [4.78, 5) is 19.2. The maximum Gasteiger partial charge on any atom is 0.289 e. The predicted octanol–water partition coefficient (Wildman–Crippen LogP) is 3.97. The van der Waals surface area contributed by atoms with Gasteiger partial charge < -0.3 is 19.3 Å². The molecule has 0 unspecified atom stereocenters. The van der Waals surface area contributed by atoms with Crippen molar-refractivity contribution in [1.82, 2.24) is 14.7 Å². The van der Waals surface area contributed by atoms with E-state index in [-0.39, 0.29) is 5.91 Å². The number of amides is 1. The van der Waals surface area contributed by atoms with Crippen LogP contribution in [0.25, 0.3) is 11.0 Å². The average molecular weight is 484 g/mol. The van der Waals surface area contributed by atoms with Gasteiger partial charge in [-0.05, 0) is 74.3 Å². The highest BCUT2D eigenvalue weighted by molar-refractivity contribution is 5.96. The summed E-state index contributed by atoms with van der Waals surface area (Å²) in [5.74, 6) is -1.46. The van der Waals surface area contributed by atoms with E-state index in [1.807, 2.05) is 23.1 Å². The molecule has 0 spiro atoms. The van der Waals surface area contributed by atoms with Gasteiger partial charge in [0.1, 0.15) is 5.58 Å². The van der Waals surface area contributed by atoms with Crippen molar-refractivity contribution in [3.05, 3.63) is 71.0 Å². The molecular weight excluding hydrogens is 452 g/mol. The molecule has 5 rings (SSSR count). The Labute approximate surface area is 203 Å². The largest absolute Gasteiger partial charge is 0.451 e. The maximum atomic E-state index is 13.5. The van der Waals surface area contributed by atoms with E-state index in [0.29, 0.717) is 62.5 Å². The second kappa shape index (κ2) is 9.68. The van der Waals surface area contributed by atoms with Gasteiger partial charge in [0.05, 0.1) is 5.60 Å². The lowest BCUT2D eigenvalue weighted by atomic mass is 9.84. The number of benzene rings is 2. The summed E-state index contributed by atoms with van der Waals surface area (Å²) in [7, 11) is 2.06. The molecule has 1 N–H and O–H groups in total. The van der Waals surface area contributed by atoms with Gasteiger partial charge in [-0.3, -0.25) is 9.69 Å². The first-order valence-corrected chi connectivity index (χ1v) is 12.2. The van der Waals surface area contributed by atoms with Crippen LogP contribution in [-0.2, 0) is 12.1 Å². The highest BCUT2D eigenvalue weighted by Gasteiger charge is 2.34. The van der Waals surface area contributed by atoms with E-state index in [1.54, 1.807) is 12.1 Å². The molecule has 3 aromatic rings. The summed E-state index contributed by atoms with van der Waals surface area (Å²) in [6.07, 6.45) is 1.98. The molecule has 2 aromatic carbocycles. The van der Waals surface area contributed by atoms with Gasteiger partial charge in [0.25, 0.3) is 5.91 Å². The number of aliphatic hydroxyl groups is 1. The number of fused-ring (bicyclic) bond motifs is 1. The van der Waals surface area contributed by atoms with Crippen molar-refractivity contribution in [1.29, 1.82) is 0 Å². The Morgan fingerprint density at radius 2 is 1.77 bits per heavy atom. The zero-order valence-corrected chi connectivity index (χ0v) is 20.0. The molecule has 8 heteroatoms. The van der Waals surface area contributed by atoms with Crippen LogP contribution in [0.5, 0.6) is 0 Å². The first-order valence-electron chi connectivity index (χ1n) is 12.2. The smallest absolute Gasteiger partial charge is 0.289 e. The lowest BCUT2D eigenvalue weighted by Gasteiger charge is -2.38. The van der Waals surface area contributed by atoms with Gasteiger partial charge in [-0.1, -0.05) is 12.1 Å². The Kier molecular flexibility index (Phi) is 6.61. The minimum absolute atomic E-state index is 0.0951. The Morgan fingerprint density at radius 1 is 0.971 bits per heavy atom. The highest BCUT2D eigenvalue weighted by atomic mass is 19.2. The van der Waals surface area contributed by atoms with Crippen molar-refractivity contribution in [2.75, 3.05) is 46.3 Å². The molecule has 35 heavy (non-hydrogen) atoms. The van der Waals surface area contributed by atoms with Crippen molar-refractivity contribution in [3.8, 4) is 0 Å². The zero-order chi connectivity index (χ0) is 24.6. The third-order valence-electron chi connectivity index (χ3n) is 7.34. The van der Waals surface area contributed by atoms with E-state index < -0.39 is 17.2 Å². The lowest BCUT2D eigenvalue weighted by Crippen LogP contribution is -2.42. The summed E-state index contributed by atoms with van der Waals surface area (Å²) >= 11 is 0. The van der Waals surface area contributed by atoms with Crippen molar-refractivity contribution < 1.29 is 23.1 Å². The third kappa shape index (κ3) is 5.10. The van der Waals surface area contributed by atoms with Crippen LogP contribution in [0.3, 0.4) is 0 Å². The van der Waals surface area contributed by atoms with Crippen molar-refractivity contribution in [2.45, 2.75) is 31.4 Å². The average Bonchev–Trinajstić information content (AvgIpc) is 3.16. The molecule has 3 heterocycles. The summed E-state index contributed by atoms with van der Waals surface area (Å²) in [6.45, 7) is 4.98. The van der Waals surface area contributed by atoms with Crippen LogP contribution in [0.2, 0.25) is 0 Å². The van der Waals surface area contributed by atoms with Gasteiger partial charge in [0.2, 0.25) is 0 Å². The van der Waals surface area contributed by atoms with Gasteiger partial charge in [-0.25, -0.2) is 8.78 Å². The van der Waals surface area contributed by atoms with Crippen molar-refractivity contribution in [3.63, 3.8) is 0 Å². The number of likely N-dealkylation sites (N-methyl/N-ethyl adjacent to an activating group) is 1. The number of piperidine rings is 1. The molecule has 0 bridgehead atoms. The van der Waals surface area contributed by atoms with E-state index in [1.165, 1.54) is 6.07 Å². The zero-order valence-electron chi connectivity index (χ0n) is 20.0. The van der Waals surface area contributed by atoms with Crippen LogP contribution in [0.4, 0.5) is 8.78 Å². The summed E-state index contributed by atoms with van der Waals surface area (Å²) in [5, 5.41) is 12.2. The second-order valence-electron chi connectivity index (χ2n) is 9.87. The SMILES string of the molecule is CN1CCCN(C(=O)c2cc3cc(C4(O)CCN(Cc5ccc(F)c(F)c5)CC4)ccc3o2)CC1. The molecule has 0 radical (unpaired) electrons. The number of hydrogen-bond acceptors (Lipinski definition) is 5. The van der Waals surface area contributed by atoms with Gasteiger partial charge in [0, 0.05) is 44.7 Å². The van der Waals surface area contributed by atoms with E-state index in [0.717, 1.165) is 36.5 Å². The van der Waals surface area contributed by atoms with E-state index in [2.05, 4.69) is 16.8 Å². The fourth-order valence-corrected chi connectivity index (χ4v) is 5.11. The molecule has 0 saturated carbocycles. The molecule has 0 aliphatic carbocycles. The Hall–Kier alpha value is -2.81. The van der Waals surface area contributed by atoms with Crippen LogP contribution in [0.1, 0.15) is 40.9 Å². The minimum Gasteiger partial charge on any atom is -0.451 e. The number of furan rings is 1. The molecule has 186 valence electrons. The van der Waals surface area contributed by atoms with E-state index in [4.69, 9.17) is 4.42 Å². The first kappa shape index (κ1) is 23.9. The number of halogens is 2. The summed E-state index contributed by atoms with van der Waals surface area (Å²) in [5.41, 5.74) is 1.15. The van der Waals surface area contributed by atoms with Gasteiger partial charge in [0.15, 0.2) is 17.4 Å². The highest BCUT2D eigenvalue weighted by Crippen LogP contribution is 2.35. The molecule has 2 saturated heterocycles. The summed E-state index contributed by atoms with van der Waals surface area (Å²) in [6, 6.07) is 11.3. The monoisotopic (exact) mass is 483 g/mol. The topological polar surface area (TPSA) is 60.2 Å². The Morgan fingerprint density at radius 3 is 2.54 bits per heavy atom. The van der Waals surface area contributed by atoms with Crippen LogP contribution in [-0.4, -0.2) is 72.0 Å². The number of hydrogen-bond donors (Lipinski definition) is 1. The van der Waals surface area contributed by atoms with Crippen LogP contribution < -0.4 is 0 Å². The van der Waals surface area contributed by atoms with Crippen molar-refractivity contribution >= 4 is 16.9 Å². The fourth-order valence-electron chi connectivity index (χ4n) is 5.11. The number of likely N-dealkylation sites (tertiary alicyclic amines) is 1. The van der Waals surface area contributed by atoms with Crippen LogP contribution >= 0.6 is 0 Å². The number of carbonyl (C=O) groups excluding carboxylic acids is 1. The predicted molar refractivity (Wildman–Crippen MR) is 129 cm³/mol. The second-order valence-corrected chi connectivity index (χ2v) is 9.87. The molecule has 6 nitrogen and oxygen atoms in total. The molecule has 2 aliphatic heterocycles. The summed E-state index contributed by atoms with van der Waals surface area (Å²) < 4.78 is 32.6. The normalized spacial score (nSPS) is 19.7. The number of nitrogens with zero attached hydrogens (tertiary/aromatic N) is 3. The van der Waals surface area contributed by atoms with E-state index in [9.17, 15) is 18.7 Å². The molecule has 0 atom stereocenters. The quantitative estimate of drug-likeness (QED) is 0.609. The van der Waals surface area contributed by atoms with Crippen LogP contribution in [0.15, 0.2) is 46.9 Å². The van der Waals surface area contributed by atoms with Crippen LogP contribution in [0, 0.1) is 11.6 Å². The first-order chi connectivity index (χ1) is 16.8. The van der Waals surface area contributed by atoms with Gasteiger partial charge in [-0.2, -0.15) is 0 Å². The van der Waals surface area contributed by atoms with E-state index >= 15 is 0 Å².